The molecule has 4 rings (SSSR count). The second-order valence-corrected chi connectivity index (χ2v) is 10.7. The molecule has 3 atom stereocenters. The Morgan fingerprint density at radius 1 is 0.968 bits per heavy atom. The monoisotopic (exact) mass is 442 g/mol. The van der Waals surface area contributed by atoms with Gasteiger partial charge in [-0.15, -0.1) is 0 Å². The standard InChI is InChI=1S/C24H30N2O4S/c1-18(30-21-12-10-20(11-13-21)19-8-4-2-5-9-19)24(27)25-22-16-31(28,29)17-23(22)26-14-6-3-7-15-26/h2,4-5,8-13,18,22-23H,3,6-7,14-17H2,1H3,(H,25,27). The zero-order chi connectivity index (χ0) is 21.8. The van der Waals surface area contributed by atoms with Gasteiger partial charge in [0.25, 0.3) is 5.91 Å². The summed E-state index contributed by atoms with van der Waals surface area (Å²) in [6.07, 6.45) is 2.62. The average molecular weight is 443 g/mol. The summed E-state index contributed by atoms with van der Waals surface area (Å²) in [6.45, 7) is 3.48. The van der Waals surface area contributed by atoms with Gasteiger partial charge in [0.15, 0.2) is 15.9 Å². The first-order chi connectivity index (χ1) is 14.9. The molecule has 2 aromatic carbocycles. The lowest BCUT2D eigenvalue weighted by Crippen LogP contribution is -2.54. The van der Waals surface area contributed by atoms with E-state index in [0.717, 1.165) is 37.1 Å². The van der Waals surface area contributed by atoms with Crippen LogP contribution in [0.2, 0.25) is 0 Å². The highest BCUT2D eigenvalue weighted by Gasteiger charge is 2.42. The van der Waals surface area contributed by atoms with Gasteiger partial charge in [-0.05, 0) is 56.1 Å². The highest BCUT2D eigenvalue weighted by atomic mass is 32.2. The molecule has 2 aromatic rings. The highest BCUT2D eigenvalue weighted by molar-refractivity contribution is 7.91. The van der Waals surface area contributed by atoms with Gasteiger partial charge in [-0.2, -0.15) is 0 Å². The molecular formula is C24H30N2O4S. The van der Waals surface area contributed by atoms with Gasteiger partial charge in [0.2, 0.25) is 0 Å². The summed E-state index contributed by atoms with van der Waals surface area (Å²) >= 11 is 0. The maximum Gasteiger partial charge on any atom is 0.261 e. The van der Waals surface area contributed by atoms with Gasteiger partial charge in [-0.3, -0.25) is 9.69 Å². The van der Waals surface area contributed by atoms with Gasteiger partial charge in [0, 0.05) is 6.04 Å². The summed E-state index contributed by atoms with van der Waals surface area (Å²) in [7, 11) is -3.15. The summed E-state index contributed by atoms with van der Waals surface area (Å²) in [5.41, 5.74) is 2.19. The number of nitrogens with one attached hydrogen (secondary N) is 1. The number of ether oxygens (including phenoxy) is 1. The fraction of sp³-hybridized carbons (Fsp3) is 0.458. The fourth-order valence-corrected chi connectivity index (χ4v) is 6.44. The highest BCUT2D eigenvalue weighted by Crippen LogP contribution is 2.24. The van der Waals surface area contributed by atoms with Crippen LogP contribution in [0.15, 0.2) is 54.6 Å². The second kappa shape index (κ2) is 9.40. The van der Waals surface area contributed by atoms with Crippen LogP contribution < -0.4 is 10.1 Å². The molecule has 1 N–H and O–H groups in total. The predicted octanol–water partition coefficient (Wildman–Crippen LogP) is 2.89. The van der Waals surface area contributed by atoms with Crippen molar-refractivity contribution < 1.29 is 17.9 Å². The smallest absolute Gasteiger partial charge is 0.261 e. The Balaban J connectivity index is 1.37. The molecule has 2 aliphatic rings. The van der Waals surface area contributed by atoms with E-state index in [1.807, 2.05) is 54.6 Å². The number of benzene rings is 2. The Morgan fingerprint density at radius 2 is 1.61 bits per heavy atom. The molecule has 0 bridgehead atoms. The van der Waals surface area contributed by atoms with Crippen LogP contribution in [0.1, 0.15) is 26.2 Å². The number of rotatable bonds is 6. The lowest BCUT2D eigenvalue weighted by Gasteiger charge is -2.35. The van der Waals surface area contributed by atoms with E-state index < -0.39 is 15.9 Å². The van der Waals surface area contributed by atoms with Crippen LogP contribution in [0.5, 0.6) is 5.75 Å². The number of likely N-dealkylation sites (tertiary alicyclic amines) is 1. The molecule has 0 spiro atoms. The molecule has 0 saturated carbocycles. The van der Waals surface area contributed by atoms with Crippen molar-refractivity contribution in [2.75, 3.05) is 24.6 Å². The van der Waals surface area contributed by atoms with E-state index in [1.54, 1.807) is 6.92 Å². The zero-order valence-electron chi connectivity index (χ0n) is 17.9. The van der Waals surface area contributed by atoms with Crippen molar-refractivity contribution >= 4 is 15.7 Å². The summed E-state index contributed by atoms with van der Waals surface area (Å²) in [4.78, 5) is 15.0. The van der Waals surface area contributed by atoms with Gasteiger partial charge >= 0.3 is 0 Å². The van der Waals surface area contributed by atoms with Crippen molar-refractivity contribution in [2.24, 2.45) is 0 Å². The minimum absolute atomic E-state index is 0.00159. The molecular weight excluding hydrogens is 412 g/mol. The molecule has 2 aliphatic heterocycles. The van der Waals surface area contributed by atoms with Gasteiger partial charge < -0.3 is 10.1 Å². The summed E-state index contributed by atoms with van der Waals surface area (Å²) in [5, 5.41) is 2.95. The van der Waals surface area contributed by atoms with Crippen molar-refractivity contribution in [3.63, 3.8) is 0 Å². The third-order valence-corrected chi connectivity index (χ3v) is 7.87. The fourth-order valence-electron chi connectivity index (χ4n) is 4.49. The topological polar surface area (TPSA) is 75.7 Å². The van der Waals surface area contributed by atoms with E-state index >= 15 is 0 Å². The predicted molar refractivity (Wildman–Crippen MR) is 122 cm³/mol. The number of piperidine rings is 1. The van der Waals surface area contributed by atoms with Crippen LogP contribution in [0.25, 0.3) is 11.1 Å². The van der Waals surface area contributed by atoms with Crippen LogP contribution in [0, 0.1) is 0 Å². The van der Waals surface area contributed by atoms with Crippen molar-refractivity contribution in [2.45, 2.75) is 44.4 Å². The Bertz CT molecular complexity index is 986. The van der Waals surface area contributed by atoms with Crippen LogP contribution in [-0.2, 0) is 14.6 Å². The van der Waals surface area contributed by atoms with E-state index in [2.05, 4.69) is 10.2 Å². The molecule has 0 aliphatic carbocycles. The lowest BCUT2D eigenvalue weighted by molar-refractivity contribution is -0.128. The minimum atomic E-state index is -3.15. The van der Waals surface area contributed by atoms with E-state index in [-0.39, 0.29) is 29.5 Å². The van der Waals surface area contributed by atoms with Crippen molar-refractivity contribution in [3.05, 3.63) is 54.6 Å². The maximum atomic E-state index is 12.8. The molecule has 2 fully saturated rings. The minimum Gasteiger partial charge on any atom is -0.481 e. The molecule has 166 valence electrons. The molecule has 7 heteroatoms. The molecule has 2 heterocycles. The number of nitrogens with zero attached hydrogens (tertiary/aromatic N) is 1. The third-order valence-electron chi connectivity index (χ3n) is 6.15. The van der Waals surface area contributed by atoms with E-state index in [4.69, 9.17) is 4.74 Å². The molecule has 0 aromatic heterocycles. The average Bonchev–Trinajstić information content (AvgIpc) is 3.09. The Labute approximate surface area is 184 Å². The third kappa shape index (κ3) is 5.46. The molecule has 31 heavy (non-hydrogen) atoms. The number of sulfone groups is 1. The Kier molecular flexibility index (Phi) is 6.62. The number of amides is 1. The van der Waals surface area contributed by atoms with Crippen molar-refractivity contribution in [3.8, 4) is 16.9 Å². The largest absolute Gasteiger partial charge is 0.481 e. The number of hydrogen-bond acceptors (Lipinski definition) is 5. The second-order valence-electron chi connectivity index (χ2n) is 8.51. The Hall–Kier alpha value is -2.38. The van der Waals surface area contributed by atoms with Gasteiger partial charge in [0.1, 0.15) is 5.75 Å². The van der Waals surface area contributed by atoms with Crippen LogP contribution in [0.4, 0.5) is 0 Å². The number of carbonyl (C=O) groups is 1. The van der Waals surface area contributed by atoms with Crippen molar-refractivity contribution in [1.29, 1.82) is 0 Å². The molecule has 6 nitrogen and oxygen atoms in total. The van der Waals surface area contributed by atoms with E-state index in [9.17, 15) is 13.2 Å². The first-order valence-electron chi connectivity index (χ1n) is 11.0. The number of hydrogen-bond donors (Lipinski definition) is 1. The van der Waals surface area contributed by atoms with Crippen molar-refractivity contribution in [1.82, 2.24) is 10.2 Å². The molecule has 1 amide bonds. The maximum absolute atomic E-state index is 12.8. The SMILES string of the molecule is CC(Oc1ccc(-c2ccccc2)cc1)C(=O)NC1CS(=O)(=O)CC1N1CCCCC1. The lowest BCUT2D eigenvalue weighted by atomic mass is 10.0. The summed E-state index contributed by atoms with van der Waals surface area (Å²) in [5.74, 6) is 0.442. The van der Waals surface area contributed by atoms with Crippen LogP contribution in [-0.4, -0.2) is 62.0 Å². The summed E-state index contributed by atoms with van der Waals surface area (Å²) in [6, 6.07) is 17.1. The van der Waals surface area contributed by atoms with Crippen LogP contribution >= 0.6 is 0 Å². The Morgan fingerprint density at radius 3 is 2.29 bits per heavy atom. The normalized spacial score (nSPS) is 24.4. The van der Waals surface area contributed by atoms with E-state index in [1.165, 1.54) is 6.42 Å². The quantitative estimate of drug-likeness (QED) is 0.745. The first kappa shape index (κ1) is 21.8. The zero-order valence-corrected chi connectivity index (χ0v) is 18.7. The van der Waals surface area contributed by atoms with Crippen LogP contribution in [0.3, 0.4) is 0 Å². The molecule has 2 saturated heterocycles. The first-order valence-corrected chi connectivity index (χ1v) is 12.8. The summed E-state index contributed by atoms with van der Waals surface area (Å²) < 4.78 is 30.4. The number of carbonyl (C=O) groups excluding carboxylic acids is 1. The molecule has 3 unspecified atom stereocenters. The van der Waals surface area contributed by atoms with E-state index in [0.29, 0.717) is 5.75 Å². The molecule has 0 radical (unpaired) electrons. The van der Waals surface area contributed by atoms with Gasteiger partial charge in [0.05, 0.1) is 17.5 Å². The van der Waals surface area contributed by atoms with Gasteiger partial charge in [-0.25, -0.2) is 8.42 Å². The van der Waals surface area contributed by atoms with Gasteiger partial charge in [-0.1, -0.05) is 48.9 Å².